The summed E-state index contributed by atoms with van der Waals surface area (Å²) in [5, 5.41) is 10.2. The predicted molar refractivity (Wildman–Crippen MR) is 61.3 cm³/mol. The molecule has 1 N–H and O–H groups in total. The Labute approximate surface area is 97.6 Å². The van der Waals surface area contributed by atoms with Gasteiger partial charge in [-0.2, -0.15) is 0 Å². The molecule has 0 radical (unpaired) electrons. The molecule has 0 bridgehead atoms. The van der Waals surface area contributed by atoms with Crippen LogP contribution in [0.15, 0.2) is 24.4 Å². The number of rotatable bonds is 2. The van der Waals surface area contributed by atoms with Gasteiger partial charge < -0.3 is 14.6 Å². The predicted octanol–water partition coefficient (Wildman–Crippen LogP) is 1.87. The van der Waals surface area contributed by atoms with Crippen molar-refractivity contribution in [3.8, 4) is 17.2 Å². The van der Waals surface area contributed by atoms with Crippen LogP contribution in [0.25, 0.3) is 10.9 Å². The first-order valence-corrected chi connectivity index (χ1v) is 4.96. The normalized spacial score (nSPS) is 10.2. The topological polar surface area (TPSA) is 68.7 Å². The Morgan fingerprint density at radius 2 is 2.18 bits per heavy atom. The summed E-state index contributed by atoms with van der Waals surface area (Å²) in [6.07, 6.45) is 1.24. The van der Waals surface area contributed by atoms with E-state index in [-0.39, 0.29) is 11.5 Å². The first-order valence-electron chi connectivity index (χ1n) is 4.96. The molecule has 5 nitrogen and oxygen atoms in total. The molecule has 1 aromatic heterocycles. The Kier molecular flexibility index (Phi) is 2.82. The van der Waals surface area contributed by atoms with Crippen molar-refractivity contribution < 1.29 is 19.4 Å². The highest BCUT2D eigenvalue weighted by molar-refractivity contribution is 5.90. The largest absolute Gasteiger partial charge is 0.503 e. The summed E-state index contributed by atoms with van der Waals surface area (Å²) in [5.74, 6) is 0.0104. The molecule has 0 atom stereocenters. The number of esters is 1. The van der Waals surface area contributed by atoms with Gasteiger partial charge in [-0.3, -0.25) is 9.78 Å². The van der Waals surface area contributed by atoms with Gasteiger partial charge in [0.05, 0.1) is 24.2 Å². The molecular formula is C12H11NO4. The number of ether oxygens (including phenoxy) is 2. The molecule has 2 rings (SSSR count). The van der Waals surface area contributed by atoms with Crippen LogP contribution in [0.1, 0.15) is 6.92 Å². The van der Waals surface area contributed by atoms with Gasteiger partial charge in [-0.25, -0.2) is 0 Å². The Bertz CT molecular complexity index is 580. The van der Waals surface area contributed by atoms with E-state index >= 15 is 0 Å². The van der Waals surface area contributed by atoms with Crippen LogP contribution in [0.2, 0.25) is 0 Å². The van der Waals surface area contributed by atoms with Gasteiger partial charge in [-0.05, 0) is 18.2 Å². The summed E-state index contributed by atoms with van der Waals surface area (Å²) in [5.41, 5.74) is 0.611. The van der Waals surface area contributed by atoms with E-state index in [9.17, 15) is 9.90 Å². The molecule has 0 spiro atoms. The van der Waals surface area contributed by atoms with Gasteiger partial charge in [0, 0.05) is 6.92 Å². The number of hydrogen-bond donors (Lipinski definition) is 1. The monoisotopic (exact) mass is 233 g/mol. The minimum Gasteiger partial charge on any atom is -0.503 e. The lowest BCUT2D eigenvalue weighted by Crippen LogP contribution is -2.02. The maximum atomic E-state index is 11.0. The lowest BCUT2D eigenvalue weighted by molar-refractivity contribution is -0.131. The summed E-state index contributed by atoms with van der Waals surface area (Å²) in [4.78, 5) is 15.0. The minimum atomic E-state index is -0.504. The van der Waals surface area contributed by atoms with E-state index < -0.39 is 5.97 Å². The second kappa shape index (κ2) is 4.29. The third-order valence-corrected chi connectivity index (χ3v) is 2.25. The van der Waals surface area contributed by atoms with E-state index in [4.69, 9.17) is 9.47 Å². The van der Waals surface area contributed by atoms with Crippen LogP contribution in [0.5, 0.6) is 17.2 Å². The van der Waals surface area contributed by atoms with Crippen LogP contribution >= 0.6 is 0 Å². The second-order valence-electron chi connectivity index (χ2n) is 3.45. The number of carbonyl (C=O) groups excluding carboxylic acids is 1. The third kappa shape index (κ3) is 2.13. The molecule has 1 heterocycles. The summed E-state index contributed by atoms with van der Waals surface area (Å²) < 4.78 is 10.0. The average molecular weight is 233 g/mol. The first kappa shape index (κ1) is 11.2. The Balaban J connectivity index is 2.68. The van der Waals surface area contributed by atoms with Crippen molar-refractivity contribution in [1.29, 1.82) is 0 Å². The fourth-order valence-corrected chi connectivity index (χ4v) is 1.51. The maximum absolute atomic E-state index is 11.0. The van der Waals surface area contributed by atoms with E-state index in [1.807, 2.05) is 0 Å². The van der Waals surface area contributed by atoms with Gasteiger partial charge in [-0.15, -0.1) is 0 Å². The average Bonchev–Trinajstić information content (AvgIpc) is 2.32. The van der Waals surface area contributed by atoms with Crippen LogP contribution in [-0.2, 0) is 4.79 Å². The first-order chi connectivity index (χ1) is 8.11. The zero-order valence-corrected chi connectivity index (χ0v) is 9.43. The van der Waals surface area contributed by atoms with Gasteiger partial charge in [-0.1, -0.05) is 0 Å². The molecule has 0 fully saturated rings. The van der Waals surface area contributed by atoms with Crippen LogP contribution in [0.3, 0.4) is 0 Å². The number of fused-ring (bicyclic) bond motifs is 1. The van der Waals surface area contributed by atoms with Gasteiger partial charge in [0.25, 0.3) is 0 Å². The number of carbonyl (C=O) groups is 1. The fourth-order valence-electron chi connectivity index (χ4n) is 1.51. The molecule has 17 heavy (non-hydrogen) atoms. The number of methoxy groups -OCH3 is 1. The molecule has 0 aliphatic rings. The molecule has 88 valence electrons. The van der Waals surface area contributed by atoms with Crippen molar-refractivity contribution in [3.05, 3.63) is 24.4 Å². The minimum absolute atomic E-state index is 0.0985. The smallest absolute Gasteiger partial charge is 0.308 e. The Morgan fingerprint density at radius 1 is 1.41 bits per heavy atom. The SMILES string of the molecule is COc1ccc2ncc(O)c(OC(C)=O)c2c1. The molecule has 2 aromatic rings. The molecule has 0 aliphatic carbocycles. The molecule has 0 aliphatic heterocycles. The summed E-state index contributed by atoms with van der Waals surface area (Å²) in [6.45, 7) is 1.27. The second-order valence-corrected chi connectivity index (χ2v) is 3.45. The summed E-state index contributed by atoms with van der Waals surface area (Å²) >= 11 is 0. The zero-order chi connectivity index (χ0) is 12.4. The Hall–Kier alpha value is -2.30. The van der Waals surface area contributed by atoms with Crippen molar-refractivity contribution in [1.82, 2.24) is 4.98 Å². The number of benzene rings is 1. The lowest BCUT2D eigenvalue weighted by atomic mass is 10.2. The van der Waals surface area contributed by atoms with Gasteiger partial charge in [0.2, 0.25) is 0 Å². The van der Waals surface area contributed by atoms with Crippen molar-refractivity contribution >= 4 is 16.9 Å². The highest BCUT2D eigenvalue weighted by Gasteiger charge is 2.12. The van der Waals surface area contributed by atoms with E-state index in [1.165, 1.54) is 20.2 Å². The molecule has 5 heteroatoms. The molecule has 0 saturated carbocycles. The molecule has 0 saturated heterocycles. The van der Waals surface area contributed by atoms with Crippen molar-refractivity contribution in [2.45, 2.75) is 6.92 Å². The third-order valence-electron chi connectivity index (χ3n) is 2.25. The van der Waals surface area contributed by atoms with E-state index in [0.717, 1.165) is 0 Å². The maximum Gasteiger partial charge on any atom is 0.308 e. The number of nitrogens with zero attached hydrogens (tertiary/aromatic N) is 1. The summed E-state index contributed by atoms with van der Waals surface area (Å²) in [7, 11) is 1.53. The fraction of sp³-hybridized carbons (Fsp3) is 0.167. The van der Waals surface area contributed by atoms with E-state index in [2.05, 4.69) is 4.98 Å². The van der Waals surface area contributed by atoms with Gasteiger partial charge >= 0.3 is 5.97 Å². The van der Waals surface area contributed by atoms with Crippen molar-refractivity contribution in [2.24, 2.45) is 0 Å². The van der Waals surface area contributed by atoms with Crippen LogP contribution < -0.4 is 9.47 Å². The highest BCUT2D eigenvalue weighted by atomic mass is 16.5. The van der Waals surface area contributed by atoms with Gasteiger partial charge in [0.15, 0.2) is 11.5 Å². The zero-order valence-electron chi connectivity index (χ0n) is 9.43. The van der Waals surface area contributed by atoms with E-state index in [0.29, 0.717) is 16.7 Å². The number of hydrogen-bond acceptors (Lipinski definition) is 5. The number of pyridine rings is 1. The van der Waals surface area contributed by atoms with Crippen LogP contribution in [0, 0.1) is 0 Å². The van der Waals surface area contributed by atoms with Crippen molar-refractivity contribution in [2.75, 3.05) is 7.11 Å². The van der Waals surface area contributed by atoms with Crippen LogP contribution in [0.4, 0.5) is 0 Å². The lowest BCUT2D eigenvalue weighted by Gasteiger charge is -2.08. The Morgan fingerprint density at radius 3 is 2.82 bits per heavy atom. The molecule has 0 amide bonds. The van der Waals surface area contributed by atoms with Crippen molar-refractivity contribution in [3.63, 3.8) is 0 Å². The number of aromatic hydroxyl groups is 1. The number of aromatic nitrogens is 1. The molecular weight excluding hydrogens is 222 g/mol. The molecule has 0 unspecified atom stereocenters. The molecule has 1 aromatic carbocycles. The van der Waals surface area contributed by atoms with Gasteiger partial charge in [0.1, 0.15) is 5.75 Å². The van der Waals surface area contributed by atoms with Crippen LogP contribution in [-0.4, -0.2) is 23.2 Å². The highest BCUT2D eigenvalue weighted by Crippen LogP contribution is 2.35. The standard InChI is InChI=1S/C12H11NO4/c1-7(14)17-12-9-5-8(16-2)3-4-10(9)13-6-11(12)15/h3-6,15H,1-2H3. The quantitative estimate of drug-likeness (QED) is 0.802. The summed E-state index contributed by atoms with van der Waals surface area (Å²) in [6, 6.07) is 5.12. The van der Waals surface area contributed by atoms with E-state index in [1.54, 1.807) is 18.2 Å².